The van der Waals surface area contributed by atoms with Gasteiger partial charge < -0.3 is 4.90 Å². The largest absolute Gasteiger partial charge is 0.343 e. The van der Waals surface area contributed by atoms with Crippen LogP contribution in [0.1, 0.15) is 56.8 Å². The molecule has 0 atom stereocenters. The third-order valence-electron chi connectivity index (χ3n) is 5.50. The number of carbonyl (C=O) groups excluding carboxylic acids is 1. The molecule has 4 heterocycles. The summed E-state index contributed by atoms with van der Waals surface area (Å²) in [6.45, 7) is 4.58. The van der Waals surface area contributed by atoms with Crippen LogP contribution in [0.4, 0.5) is 5.82 Å². The fourth-order valence-electron chi connectivity index (χ4n) is 3.99. The molecule has 0 radical (unpaired) electrons. The average molecular weight is 449 g/mol. The summed E-state index contributed by atoms with van der Waals surface area (Å²) >= 11 is 3.44. The molecule has 8 nitrogen and oxygen atoms in total. The molecule has 2 aromatic heterocycles. The van der Waals surface area contributed by atoms with Gasteiger partial charge in [-0.05, 0) is 35.2 Å². The average Bonchev–Trinajstić information content (AvgIpc) is 3.41. The van der Waals surface area contributed by atoms with Crippen molar-refractivity contribution >= 4 is 38.1 Å². The second-order valence-electron chi connectivity index (χ2n) is 7.47. The molecular weight excluding hydrogens is 424 g/mol. The zero-order chi connectivity index (χ0) is 19.7. The van der Waals surface area contributed by atoms with Crippen LogP contribution < -0.4 is 5.56 Å². The summed E-state index contributed by atoms with van der Waals surface area (Å²) in [4.78, 5) is 31.9. The number of rotatable bonds is 7. The molecule has 4 rings (SSSR count). The van der Waals surface area contributed by atoms with E-state index in [1.807, 2.05) is 9.47 Å². The van der Waals surface area contributed by atoms with Gasteiger partial charge in [-0.25, -0.2) is 9.39 Å². The highest BCUT2D eigenvalue weighted by molar-refractivity contribution is 9.18. The first-order valence-corrected chi connectivity index (χ1v) is 10.9. The summed E-state index contributed by atoms with van der Waals surface area (Å²) in [5, 5.41) is 8.57. The fourth-order valence-corrected chi connectivity index (χ4v) is 4.44. The number of hydrogen-bond donors (Lipinski definition) is 0. The summed E-state index contributed by atoms with van der Waals surface area (Å²) in [5.74, 6) is 1.90. The van der Waals surface area contributed by atoms with Crippen molar-refractivity contribution in [3.63, 3.8) is 0 Å². The zero-order valence-electron chi connectivity index (χ0n) is 16.2. The van der Waals surface area contributed by atoms with Gasteiger partial charge in [-0.2, -0.15) is 0 Å². The number of amides is 1. The maximum absolute atomic E-state index is 13.1. The van der Waals surface area contributed by atoms with Gasteiger partial charge in [0.05, 0.1) is 10.2 Å². The van der Waals surface area contributed by atoms with Gasteiger partial charge in [-0.15, -0.1) is 10.2 Å². The lowest BCUT2D eigenvalue weighted by atomic mass is 10.2. The summed E-state index contributed by atoms with van der Waals surface area (Å²) in [5.41, 5.74) is 0.548. The van der Waals surface area contributed by atoms with Crippen molar-refractivity contribution in [2.24, 2.45) is 4.99 Å². The van der Waals surface area contributed by atoms with Crippen LogP contribution in [0, 0.1) is 0 Å². The van der Waals surface area contributed by atoms with E-state index in [1.165, 1.54) is 0 Å². The van der Waals surface area contributed by atoms with E-state index < -0.39 is 0 Å². The number of hydrogen-bond acceptors (Lipinski definition) is 5. The molecule has 0 N–H and O–H groups in total. The van der Waals surface area contributed by atoms with E-state index in [4.69, 9.17) is 0 Å². The number of carbonyl (C=O) groups is 1. The molecule has 0 aliphatic carbocycles. The first kappa shape index (κ1) is 19.3. The van der Waals surface area contributed by atoms with Crippen LogP contribution in [-0.2, 0) is 24.2 Å². The van der Waals surface area contributed by atoms with E-state index >= 15 is 0 Å². The van der Waals surface area contributed by atoms with Gasteiger partial charge in [0.1, 0.15) is 11.6 Å². The van der Waals surface area contributed by atoms with Gasteiger partial charge in [0.2, 0.25) is 11.7 Å². The van der Waals surface area contributed by atoms with Gasteiger partial charge in [0.25, 0.3) is 5.56 Å². The van der Waals surface area contributed by atoms with Gasteiger partial charge in [-0.1, -0.05) is 19.8 Å². The van der Waals surface area contributed by atoms with Crippen molar-refractivity contribution in [2.75, 3.05) is 13.1 Å². The lowest BCUT2D eigenvalue weighted by molar-refractivity contribution is -0.130. The standard InChI is InChI=1S/C19H25BrN6O2/c1-2-3-4-11-25-17-13(12-14(20)21-17)18(28)26-15(22-23-19(25)26)7-8-16(27)24-9-5-6-10-24/h2-12H2,1H3. The highest BCUT2D eigenvalue weighted by Crippen LogP contribution is 2.28. The number of aromatic nitrogens is 4. The van der Waals surface area contributed by atoms with E-state index in [-0.39, 0.29) is 11.5 Å². The highest BCUT2D eigenvalue weighted by Gasteiger charge is 2.26. The number of fused-ring (bicyclic) bond motifs is 2. The molecule has 0 spiro atoms. The van der Waals surface area contributed by atoms with Crippen LogP contribution >= 0.6 is 15.9 Å². The molecule has 2 aromatic rings. The molecule has 1 amide bonds. The van der Waals surface area contributed by atoms with Gasteiger partial charge in [0.15, 0.2) is 0 Å². The van der Waals surface area contributed by atoms with Crippen LogP contribution in [0.3, 0.4) is 0 Å². The Hall–Kier alpha value is -2.03. The molecule has 2 aliphatic rings. The normalized spacial score (nSPS) is 16.1. The van der Waals surface area contributed by atoms with E-state index in [0.29, 0.717) is 42.2 Å². The van der Waals surface area contributed by atoms with Crippen LogP contribution in [-0.4, -0.2) is 47.7 Å². The minimum Gasteiger partial charge on any atom is -0.343 e. The van der Waals surface area contributed by atoms with Crippen molar-refractivity contribution in [2.45, 2.75) is 64.8 Å². The van der Waals surface area contributed by atoms with Crippen LogP contribution in [0.15, 0.2) is 9.79 Å². The molecule has 0 aromatic carbocycles. The van der Waals surface area contributed by atoms with Crippen molar-refractivity contribution in [1.82, 2.24) is 24.1 Å². The van der Waals surface area contributed by atoms with Crippen molar-refractivity contribution in [3.05, 3.63) is 21.7 Å². The lowest BCUT2D eigenvalue weighted by Gasteiger charge is -2.15. The maximum atomic E-state index is 13.1. The second-order valence-corrected chi connectivity index (χ2v) is 8.39. The number of aryl methyl sites for hydroxylation is 2. The Morgan fingerprint density at radius 2 is 1.96 bits per heavy atom. The number of nitrogens with zero attached hydrogens (tertiary/aromatic N) is 6. The van der Waals surface area contributed by atoms with Gasteiger partial charge >= 0.3 is 0 Å². The maximum Gasteiger partial charge on any atom is 0.266 e. The quantitative estimate of drug-likeness (QED) is 0.609. The molecule has 1 fully saturated rings. The van der Waals surface area contributed by atoms with E-state index in [9.17, 15) is 9.59 Å². The topological polar surface area (TPSA) is 84.9 Å². The minimum absolute atomic E-state index is 0.122. The molecule has 1 saturated heterocycles. The Morgan fingerprint density at radius 1 is 1.18 bits per heavy atom. The molecular formula is C19H25BrN6O2. The Bertz CT molecular complexity index is 986. The summed E-state index contributed by atoms with van der Waals surface area (Å²) in [7, 11) is 0. The third-order valence-corrected chi connectivity index (χ3v) is 5.96. The molecule has 0 saturated carbocycles. The molecule has 0 unspecified atom stereocenters. The fraction of sp³-hybridized carbons (Fsp3) is 0.632. The molecule has 2 aliphatic heterocycles. The molecule has 28 heavy (non-hydrogen) atoms. The Morgan fingerprint density at radius 3 is 2.71 bits per heavy atom. The molecule has 0 bridgehead atoms. The zero-order valence-corrected chi connectivity index (χ0v) is 17.7. The number of aliphatic imine (C=N–C) groups is 1. The summed E-state index contributed by atoms with van der Waals surface area (Å²) < 4.78 is 4.35. The van der Waals surface area contributed by atoms with Crippen molar-refractivity contribution in [3.8, 4) is 0 Å². The van der Waals surface area contributed by atoms with E-state index in [2.05, 4.69) is 38.0 Å². The Kier molecular flexibility index (Phi) is 5.61. The third kappa shape index (κ3) is 3.52. The lowest BCUT2D eigenvalue weighted by Crippen LogP contribution is -2.28. The predicted molar refractivity (Wildman–Crippen MR) is 111 cm³/mol. The predicted octanol–water partition coefficient (Wildman–Crippen LogP) is 2.62. The van der Waals surface area contributed by atoms with E-state index in [1.54, 1.807) is 4.40 Å². The van der Waals surface area contributed by atoms with Crippen LogP contribution in [0.2, 0.25) is 0 Å². The first-order chi connectivity index (χ1) is 13.6. The number of halogens is 1. The number of unbranched alkanes of at least 4 members (excludes halogenated alkanes) is 2. The van der Waals surface area contributed by atoms with Crippen LogP contribution in [0.25, 0.3) is 5.78 Å². The number of likely N-dealkylation sites (tertiary alicyclic amines) is 1. The summed E-state index contributed by atoms with van der Waals surface area (Å²) in [6, 6.07) is 0. The monoisotopic (exact) mass is 448 g/mol. The van der Waals surface area contributed by atoms with Crippen LogP contribution in [0.5, 0.6) is 0 Å². The van der Waals surface area contributed by atoms with E-state index in [0.717, 1.165) is 56.4 Å². The van der Waals surface area contributed by atoms with Crippen molar-refractivity contribution in [1.29, 1.82) is 0 Å². The van der Waals surface area contributed by atoms with Gasteiger partial charge in [0, 0.05) is 38.9 Å². The Balaban J connectivity index is 1.66. The second kappa shape index (κ2) is 8.14. The Labute approximate surface area is 171 Å². The SMILES string of the molecule is CCCCCn1c2c(c(=O)n3c(CCC(=O)N4CCCC4)nnc13)CC(Br)=N2. The smallest absolute Gasteiger partial charge is 0.266 e. The summed E-state index contributed by atoms with van der Waals surface area (Å²) in [6.07, 6.45) is 6.61. The highest BCUT2D eigenvalue weighted by atomic mass is 79.9. The minimum atomic E-state index is -0.122. The van der Waals surface area contributed by atoms with Gasteiger partial charge in [-0.3, -0.25) is 14.2 Å². The molecule has 150 valence electrons. The first-order valence-electron chi connectivity index (χ1n) is 10.1. The van der Waals surface area contributed by atoms with Crippen molar-refractivity contribution < 1.29 is 4.79 Å². The molecule has 9 heteroatoms.